The van der Waals surface area contributed by atoms with Gasteiger partial charge >= 0.3 is 0 Å². The molecular formula is C16H21NO. The van der Waals surface area contributed by atoms with E-state index >= 15 is 0 Å². The van der Waals surface area contributed by atoms with Gasteiger partial charge in [-0.05, 0) is 55.5 Å². The number of nitrogens with zero attached hydrogens (tertiary/aromatic N) is 1. The van der Waals surface area contributed by atoms with Crippen molar-refractivity contribution in [1.82, 2.24) is 0 Å². The van der Waals surface area contributed by atoms with Crippen LogP contribution in [0.3, 0.4) is 0 Å². The molecule has 0 amide bonds. The normalized spacial score (nSPS) is 11.5. The fourth-order valence-corrected chi connectivity index (χ4v) is 1.91. The van der Waals surface area contributed by atoms with Crippen molar-refractivity contribution in [2.24, 2.45) is 5.92 Å². The minimum Gasteiger partial charge on any atom is -0.494 e. The fourth-order valence-electron chi connectivity index (χ4n) is 1.91. The zero-order chi connectivity index (χ0) is 13.7. The van der Waals surface area contributed by atoms with Crippen LogP contribution in [0.25, 0.3) is 5.57 Å². The first-order valence-electron chi connectivity index (χ1n) is 6.35. The molecule has 1 rings (SSSR count). The number of ether oxygens (including phenoxy) is 1. The predicted molar refractivity (Wildman–Crippen MR) is 75.5 cm³/mol. The Kier molecular flexibility index (Phi) is 4.97. The maximum Gasteiger partial charge on any atom is 0.122 e. The molecule has 0 bridgehead atoms. The summed E-state index contributed by atoms with van der Waals surface area (Å²) in [4.78, 5) is 0. The van der Waals surface area contributed by atoms with Crippen LogP contribution in [0.4, 0.5) is 0 Å². The van der Waals surface area contributed by atoms with Gasteiger partial charge in [0.2, 0.25) is 0 Å². The summed E-state index contributed by atoms with van der Waals surface area (Å²) < 4.78 is 5.56. The maximum atomic E-state index is 9.27. The van der Waals surface area contributed by atoms with Crippen LogP contribution < -0.4 is 4.74 Å². The second-order valence-electron chi connectivity index (χ2n) is 4.80. The van der Waals surface area contributed by atoms with Gasteiger partial charge < -0.3 is 4.74 Å². The van der Waals surface area contributed by atoms with Gasteiger partial charge in [-0.25, -0.2) is 0 Å². The molecule has 0 saturated heterocycles. The van der Waals surface area contributed by atoms with E-state index in [0.717, 1.165) is 28.0 Å². The second kappa shape index (κ2) is 6.26. The van der Waals surface area contributed by atoms with Gasteiger partial charge in [0.15, 0.2) is 0 Å². The van der Waals surface area contributed by atoms with Gasteiger partial charge in [-0.15, -0.1) is 0 Å². The molecule has 0 fully saturated rings. The molecule has 1 aromatic rings. The van der Waals surface area contributed by atoms with E-state index in [1.807, 2.05) is 39.0 Å². The van der Waals surface area contributed by atoms with E-state index in [-0.39, 0.29) is 0 Å². The van der Waals surface area contributed by atoms with E-state index < -0.39 is 0 Å². The SMILES string of the molecule is CCOc1cc(C)c(/C(C#N)=C/C(C)C)cc1C. The van der Waals surface area contributed by atoms with Crippen molar-refractivity contribution in [1.29, 1.82) is 5.26 Å². The molecule has 0 saturated carbocycles. The third kappa shape index (κ3) is 3.37. The average molecular weight is 243 g/mol. The van der Waals surface area contributed by atoms with Crippen molar-refractivity contribution in [3.63, 3.8) is 0 Å². The number of hydrogen-bond acceptors (Lipinski definition) is 2. The molecular weight excluding hydrogens is 222 g/mol. The Bertz CT molecular complexity index is 493. The molecule has 0 aromatic heterocycles. The lowest BCUT2D eigenvalue weighted by Gasteiger charge is -2.12. The number of nitriles is 1. The van der Waals surface area contributed by atoms with E-state index in [4.69, 9.17) is 4.74 Å². The standard InChI is InChI=1S/C16H21NO/c1-6-18-16-9-12(4)15(8-13(16)5)14(10-17)7-11(2)3/h7-9,11H,6H2,1-5H3/b14-7+. The van der Waals surface area contributed by atoms with Crippen molar-refractivity contribution in [3.8, 4) is 11.8 Å². The minimum absolute atomic E-state index is 0.367. The Hall–Kier alpha value is -1.75. The largest absolute Gasteiger partial charge is 0.494 e. The lowest BCUT2D eigenvalue weighted by Crippen LogP contribution is -1.97. The van der Waals surface area contributed by atoms with Gasteiger partial charge in [0.25, 0.3) is 0 Å². The highest BCUT2D eigenvalue weighted by Gasteiger charge is 2.09. The molecule has 0 aliphatic rings. The van der Waals surface area contributed by atoms with E-state index in [1.54, 1.807) is 0 Å². The lowest BCUT2D eigenvalue weighted by atomic mass is 9.96. The van der Waals surface area contributed by atoms with Gasteiger partial charge in [-0.1, -0.05) is 19.9 Å². The van der Waals surface area contributed by atoms with Gasteiger partial charge in [-0.3, -0.25) is 0 Å². The van der Waals surface area contributed by atoms with Crippen molar-refractivity contribution in [3.05, 3.63) is 34.9 Å². The van der Waals surface area contributed by atoms with Crippen molar-refractivity contribution >= 4 is 5.57 Å². The number of allylic oxidation sites excluding steroid dienone is 2. The fraction of sp³-hybridized carbons (Fsp3) is 0.438. The number of hydrogen-bond donors (Lipinski definition) is 0. The quantitative estimate of drug-likeness (QED) is 0.740. The van der Waals surface area contributed by atoms with Gasteiger partial charge in [0.1, 0.15) is 5.75 Å². The van der Waals surface area contributed by atoms with Gasteiger partial charge in [-0.2, -0.15) is 5.26 Å². The minimum atomic E-state index is 0.367. The highest BCUT2D eigenvalue weighted by Crippen LogP contribution is 2.27. The molecule has 18 heavy (non-hydrogen) atoms. The van der Waals surface area contributed by atoms with E-state index in [2.05, 4.69) is 19.9 Å². The van der Waals surface area contributed by atoms with Crippen LogP contribution in [-0.2, 0) is 0 Å². The highest BCUT2D eigenvalue weighted by atomic mass is 16.5. The number of rotatable bonds is 4. The molecule has 0 aliphatic heterocycles. The van der Waals surface area contributed by atoms with Crippen LogP contribution in [0.2, 0.25) is 0 Å². The molecule has 0 unspecified atom stereocenters. The van der Waals surface area contributed by atoms with Crippen LogP contribution >= 0.6 is 0 Å². The first-order chi connectivity index (χ1) is 8.49. The Morgan fingerprint density at radius 1 is 1.33 bits per heavy atom. The van der Waals surface area contributed by atoms with Crippen LogP contribution in [0.1, 0.15) is 37.5 Å². The summed E-state index contributed by atoms with van der Waals surface area (Å²) in [6.07, 6.45) is 2.00. The molecule has 0 aliphatic carbocycles. The maximum absolute atomic E-state index is 9.27. The second-order valence-corrected chi connectivity index (χ2v) is 4.80. The molecule has 0 N–H and O–H groups in total. The molecule has 1 aromatic carbocycles. The summed E-state index contributed by atoms with van der Waals surface area (Å²) in [7, 11) is 0. The molecule has 0 atom stereocenters. The van der Waals surface area contributed by atoms with Crippen LogP contribution in [0.5, 0.6) is 5.75 Å². The Labute approximate surface area is 110 Å². The topological polar surface area (TPSA) is 33.0 Å². The smallest absolute Gasteiger partial charge is 0.122 e. The molecule has 0 spiro atoms. The Morgan fingerprint density at radius 2 is 2.00 bits per heavy atom. The predicted octanol–water partition coefficient (Wildman–Crippen LogP) is 4.27. The average Bonchev–Trinajstić information content (AvgIpc) is 2.30. The Morgan fingerprint density at radius 3 is 2.50 bits per heavy atom. The first-order valence-corrected chi connectivity index (χ1v) is 6.35. The highest BCUT2D eigenvalue weighted by molar-refractivity contribution is 5.79. The van der Waals surface area contributed by atoms with E-state index in [1.165, 1.54) is 0 Å². The summed E-state index contributed by atoms with van der Waals surface area (Å²) in [5.41, 5.74) is 3.90. The van der Waals surface area contributed by atoms with Gasteiger partial charge in [0, 0.05) is 0 Å². The third-order valence-electron chi connectivity index (χ3n) is 2.73. The lowest BCUT2D eigenvalue weighted by molar-refractivity contribution is 0.337. The first kappa shape index (κ1) is 14.3. The van der Waals surface area contributed by atoms with E-state index in [0.29, 0.717) is 12.5 Å². The third-order valence-corrected chi connectivity index (χ3v) is 2.73. The van der Waals surface area contributed by atoms with Crippen molar-refractivity contribution in [2.45, 2.75) is 34.6 Å². The van der Waals surface area contributed by atoms with Gasteiger partial charge in [0.05, 0.1) is 18.2 Å². The van der Waals surface area contributed by atoms with Crippen LogP contribution in [0.15, 0.2) is 18.2 Å². The number of benzene rings is 1. The monoisotopic (exact) mass is 243 g/mol. The molecule has 2 nitrogen and oxygen atoms in total. The zero-order valence-corrected chi connectivity index (χ0v) is 11.9. The summed E-state index contributed by atoms with van der Waals surface area (Å²) in [6, 6.07) is 6.34. The molecule has 96 valence electrons. The van der Waals surface area contributed by atoms with Crippen molar-refractivity contribution in [2.75, 3.05) is 6.61 Å². The summed E-state index contributed by atoms with van der Waals surface area (Å²) in [6.45, 7) is 10.8. The molecule has 0 radical (unpaired) electrons. The zero-order valence-electron chi connectivity index (χ0n) is 11.9. The molecule has 2 heteroatoms. The van der Waals surface area contributed by atoms with Crippen LogP contribution in [0, 0.1) is 31.1 Å². The van der Waals surface area contributed by atoms with E-state index in [9.17, 15) is 5.26 Å². The summed E-state index contributed by atoms with van der Waals surface area (Å²) in [5.74, 6) is 1.27. The number of aryl methyl sites for hydroxylation is 2. The summed E-state index contributed by atoms with van der Waals surface area (Å²) in [5, 5.41) is 9.27. The molecule has 0 heterocycles. The van der Waals surface area contributed by atoms with Crippen molar-refractivity contribution < 1.29 is 4.74 Å². The Balaban J connectivity index is 3.27. The van der Waals surface area contributed by atoms with Crippen LogP contribution in [-0.4, -0.2) is 6.61 Å². The summed E-state index contributed by atoms with van der Waals surface area (Å²) >= 11 is 0.